The van der Waals surface area contributed by atoms with Gasteiger partial charge in [0.15, 0.2) is 0 Å². The number of halogens is 1. The van der Waals surface area contributed by atoms with Crippen molar-refractivity contribution in [3.8, 4) is 0 Å². The molecular formula is C25H33ClN2O2. The van der Waals surface area contributed by atoms with Gasteiger partial charge in [-0.05, 0) is 42.9 Å². The molecule has 162 valence electrons. The molecule has 2 aromatic rings. The van der Waals surface area contributed by atoms with Gasteiger partial charge in [-0.1, -0.05) is 80.4 Å². The predicted octanol–water partition coefficient (Wildman–Crippen LogP) is 5.16. The van der Waals surface area contributed by atoms with Crippen molar-refractivity contribution in [1.82, 2.24) is 10.2 Å². The molecule has 2 amide bonds. The lowest BCUT2D eigenvalue weighted by Gasteiger charge is -2.31. The molecule has 0 heterocycles. The fourth-order valence-electron chi connectivity index (χ4n) is 3.32. The number of hydrogen-bond donors (Lipinski definition) is 1. The zero-order valence-corrected chi connectivity index (χ0v) is 19.2. The van der Waals surface area contributed by atoms with Crippen molar-refractivity contribution in [3.05, 3.63) is 70.2 Å². The number of nitrogens with one attached hydrogen (secondary N) is 1. The highest BCUT2D eigenvalue weighted by Gasteiger charge is 2.28. The first-order valence-corrected chi connectivity index (χ1v) is 11.1. The summed E-state index contributed by atoms with van der Waals surface area (Å²) in [4.78, 5) is 27.8. The van der Waals surface area contributed by atoms with E-state index in [0.717, 1.165) is 16.7 Å². The number of aryl methyl sites for hydroxylation is 2. The summed E-state index contributed by atoms with van der Waals surface area (Å²) in [5.74, 6) is 0.222. The Morgan fingerprint density at radius 3 is 2.33 bits per heavy atom. The molecule has 0 spiro atoms. The van der Waals surface area contributed by atoms with Gasteiger partial charge in [0, 0.05) is 24.5 Å². The van der Waals surface area contributed by atoms with Crippen LogP contribution in [0.3, 0.4) is 0 Å². The van der Waals surface area contributed by atoms with Crippen molar-refractivity contribution in [2.75, 3.05) is 6.54 Å². The van der Waals surface area contributed by atoms with E-state index < -0.39 is 6.04 Å². The maximum absolute atomic E-state index is 13.2. The first-order chi connectivity index (χ1) is 14.3. The standard InChI is InChI=1S/C25H33ClN2O2/c1-5-23(25(30)27-16-18(2)3)28(17-20-12-10-19(4)11-13-20)24(29)15-14-21-8-6-7-9-22(21)26/h6-13,18,23H,5,14-17H2,1-4H3,(H,27,30)/t23-/m1/s1. The highest BCUT2D eigenvalue weighted by Crippen LogP contribution is 2.19. The van der Waals surface area contributed by atoms with Gasteiger partial charge in [-0.2, -0.15) is 0 Å². The molecule has 0 saturated heterocycles. The summed E-state index contributed by atoms with van der Waals surface area (Å²) in [5.41, 5.74) is 3.12. The quantitative estimate of drug-likeness (QED) is 0.568. The number of hydrogen-bond acceptors (Lipinski definition) is 2. The van der Waals surface area contributed by atoms with Gasteiger partial charge in [-0.25, -0.2) is 0 Å². The van der Waals surface area contributed by atoms with Gasteiger partial charge in [0.2, 0.25) is 11.8 Å². The lowest BCUT2D eigenvalue weighted by atomic mass is 10.1. The van der Waals surface area contributed by atoms with E-state index in [1.54, 1.807) is 4.90 Å². The van der Waals surface area contributed by atoms with Gasteiger partial charge < -0.3 is 10.2 Å². The Bertz CT molecular complexity index is 833. The molecule has 30 heavy (non-hydrogen) atoms. The van der Waals surface area contributed by atoms with Crippen LogP contribution in [0.2, 0.25) is 5.02 Å². The second-order valence-electron chi connectivity index (χ2n) is 8.16. The van der Waals surface area contributed by atoms with E-state index in [1.807, 2.05) is 62.4 Å². The molecule has 0 unspecified atom stereocenters. The minimum atomic E-state index is -0.496. The van der Waals surface area contributed by atoms with Gasteiger partial charge >= 0.3 is 0 Å². The molecule has 2 aromatic carbocycles. The average Bonchev–Trinajstić information content (AvgIpc) is 2.72. The second-order valence-corrected chi connectivity index (χ2v) is 8.57. The van der Waals surface area contributed by atoms with E-state index in [-0.39, 0.29) is 11.8 Å². The van der Waals surface area contributed by atoms with Gasteiger partial charge in [0.25, 0.3) is 0 Å². The van der Waals surface area contributed by atoms with Crippen LogP contribution < -0.4 is 5.32 Å². The molecule has 5 heteroatoms. The number of carbonyl (C=O) groups excluding carboxylic acids is 2. The van der Waals surface area contributed by atoms with Crippen molar-refractivity contribution in [2.24, 2.45) is 5.92 Å². The highest BCUT2D eigenvalue weighted by molar-refractivity contribution is 6.31. The average molecular weight is 429 g/mol. The van der Waals surface area contributed by atoms with Crippen LogP contribution in [-0.4, -0.2) is 29.3 Å². The van der Waals surface area contributed by atoms with E-state index in [0.29, 0.717) is 43.3 Å². The Morgan fingerprint density at radius 1 is 1.07 bits per heavy atom. The van der Waals surface area contributed by atoms with Gasteiger partial charge in [0.1, 0.15) is 6.04 Å². The summed E-state index contributed by atoms with van der Waals surface area (Å²) >= 11 is 6.25. The Balaban J connectivity index is 2.19. The molecule has 1 N–H and O–H groups in total. The van der Waals surface area contributed by atoms with Crippen molar-refractivity contribution in [2.45, 2.75) is 59.5 Å². The molecule has 0 saturated carbocycles. The lowest BCUT2D eigenvalue weighted by Crippen LogP contribution is -2.49. The maximum atomic E-state index is 13.2. The molecule has 0 aliphatic carbocycles. The van der Waals surface area contributed by atoms with Crippen LogP contribution in [0.1, 0.15) is 50.3 Å². The van der Waals surface area contributed by atoms with Crippen LogP contribution in [0.15, 0.2) is 48.5 Å². The van der Waals surface area contributed by atoms with Crippen molar-refractivity contribution < 1.29 is 9.59 Å². The van der Waals surface area contributed by atoms with Crippen molar-refractivity contribution in [3.63, 3.8) is 0 Å². The Morgan fingerprint density at radius 2 is 1.73 bits per heavy atom. The van der Waals surface area contributed by atoms with E-state index in [2.05, 4.69) is 19.2 Å². The number of rotatable bonds is 10. The largest absolute Gasteiger partial charge is 0.354 e. The molecule has 0 bridgehead atoms. The van der Waals surface area contributed by atoms with Crippen LogP contribution in [0.25, 0.3) is 0 Å². The van der Waals surface area contributed by atoms with Crippen LogP contribution in [0, 0.1) is 12.8 Å². The molecule has 0 fully saturated rings. The monoisotopic (exact) mass is 428 g/mol. The summed E-state index contributed by atoms with van der Waals surface area (Å²) in [6.07, 6.45) is 1.42. The highest BCUT2D eigenvalue weighted by atomic mass is 35.5. The predicted molar refractivity (Wildman–Crippen MR) is 123 cm³/mol. The zero-order chi connectivity index (χ0) is 22.1. The third-order valence-electron chi connectivity index (χ3n) is 5.11. The first-order valence-electron chi connectivity index (χ1n) is 10.7. The minimum Gasteiger partial charge on any atom is -0.354 e. The third kappa shape index (κ3) is 7.17. The zero-order valence-electron chi connectivity index (χ0n) is 18.5. The fourth-order valence-corrected chi connectivity index (χ4v) is 3.55. The number of carbonyl (C=O) groups is 2. The van der Waals surface area contributed by atoms with Gasteiger partial charge in [0.05, 0.1) is 0 Å². The Labute approximate surface area is 185 Å². The van der Waals surface area contributed by atoms with Crippen LogP contribution in [0.4, 0.5) is 0 Å². The molecule has 2 rings (SSSR count). The normalized spacial score (nSPS) is 11.9. The molecule has 0 aliphatic heterocycles. The van der Waals surface area contributed by atoms with Crippen LogP contribution in [0.5, 0.6) is 0 Å². The minimum absolute atomic E-state index is 0.0398. The molecule has 0 aromatic heterocycles. The number of benzene rings is 2. The summed E-state index contributed by atoms with van der Waals surface area (Å²) in [6.45, 7) is 9.10. The third-order valence-corrected chi connectivity index (χ3v) is 5.48. The molecule has 1 atom stereocenters. The summed E-state index contributed by atoms with van der Waals surface area (Å²) in [6, 6.07) is 15.2. The second kappa shape index (κ2) is 11.8. The summed E-state index contributed by atoms with van der Waals surface area (Å²) in [7, 11) is 0. The van der Waals surface area contributed by atoms with E-state index in [1.165, 1.54) is 0 Å². The smallest absolute Gasteiger partial charge is 0.242 e. The van der Waals surface area contributed by atoms with Crippen molar-refractivity contribution in [1.29, 1.82) is 0 Å². The number of amides is 2. The molecule has 0 aliphatic rings. The Kier molecular flexibility index (Phi) is 9.38. The van der Waals surface area contributed by atoms with Crippen molar-refractivity contribution >= 4 is 23.4 Å². The summed E-state index contributed by atoms with van der Waals surface area (Å²) < 4.78 is 0. The van der Waals surface area contributed by atoms with Crippen LogP contribution in [-0.2, 0) is 22.6 Å². The van der Waals surface area contributed by atoms with E-state index in [4.69, 9.17) is 11.6 Å². The van der Waals surface area contributed by atoms with E-state index >= 15 is 0 Å². The topological polar surface area (TPSA) is 49.4 Å². The summed E-state index contributed by atoms with van der Waals surface area (Å²) in [5, 5.41) is 3.66. The SMILES string of the molecule is CC[C@H](C(=O)NCC(C)C)N(Cc1ccc(C)cc1)C(=O)CCc1ccccc1Cl. The molecule has 4 nitrogen and oxygen atoms in total. The Hall–Kier alpha value is -2.33. The molecular weight excluding hydrogens is 396 g/mol. The maximum Gasteiger partial charge on any atom is 0.242 e. The first kappa shape index (κ1) is 23.9. The van der Waals surface area contributed by atoms with Gasteiger partial charge in [-0.3, -0.25) is 9.59 Å². The van der Waals surface area contributed by atoms with Crippen LogP contribution >= 0.6 is 11.6 Å². The number of nitrogens with zero attached hydrogens (tertiary/aromatic N) is 1. The lowest BCUT2D eigenvalue weighted by molar-refractivity contribution is -0.141. The van der Waals surface area contributed by atoms with Gasteiger partial charge in [-0.15, -0.1) is 0 Å². The molecule has 0 radical (unpaired) electrons. The van der Waals surface area contributed by atoms with E-state index in [9.17, 15) is 9.59 Å². The fraction of sp³-hybridized carbons (Fsp3) is 0.440.